The van der Waals surface area contributed by atoms with Crippen LogP contribution in [-0.2, 0) is 16.0 Å². The fraction of sp³-hybridized carbons (Fsp3) is 0.500. The van der Waals surface area contributed by atoms with Crippen molar-refractivity contribution in [3.8, 4) is 0 Å². The summed E-state index contributed by atoms with van der Waals surface area (Å²) in [4.78, 5) is 22.6. The van der Waals surface area contributed by atoms with E-state index in [1.807, 2.05) is 18.2 Å². The van der Waals surface area contributed by atoms with Gasteiger partial charge in [0.05, 0.1) is 5.92 Å². The highest BCUT2D eigenvalue weighted by Crippen LogP contribution is 2.20. The standard InChI is InChI=1S/C16H23NO4/c1-11(14(18)19)9-10-12-7-5-6-8-13(12)17-15(20)21-16(2,3)4/h5-8,11H,9-10H2,1-4H3,(H,17,20)(H,18,19). The van der Waals surface area contributed by atoms with E-state index in [9.17, 15) is 9.59 Å². The number of hydrogen-bond donors (Lipinski definition) is 2. The predicted octanol–water partition coefficient (Wildman–Crippen LogP) is 3.69. The van der Waals surface area contributed by atoms with Crippen molar-refractivity contribution in [1.29, 1.82) is 0 Å². The van der Waals surface area contributed by atoms with Crippen molar-refractivity contribution < 1.29 is 19.4 Å². The fourth-order valence-corrected chi connectivity index (χ4v) is 1.77. The maximum Gasteiger partial charge on any atom is 0.412 e. The van der Waals surface area contributed by atoms with Gasteiger partial charge in [-0.1, -0.05) is 25.1 Å². The third-order valence-electron chi connectivity index (χ3n) is 2.92. The average Bonchev–Trinajstić information content (AvgIpc) is 2.34. The van der Waals surface area contributed by atoms with Crippen molar-refractivity contribution in [3.05, 3.63) is 29.8 Å². The van der Waals surface area contributed by atoms with Crippen molar-refractivity contribution in [2.45, 2.75) is 46.1 Å². The monoisotopic (exact) mass is 293 g/mol. The van der Waals surface area contributed by atoms with Gasteiger partial charge in [-0.3, -0.25) is 10.1 Å². The van der Waals surface area contributed by atoms with Gasteiger partial charge < -0.3 is 9.84 Å². The highest BCUT2D eigenvalue weighted by molar-refractivity contribution is 5.86. The van der Waals surface area contributed by atoms with Crippen molar-refractivity contribution in [2.24, 2.45) is 5.92 Å². The Morgan fingerprint density at radius 3 is 2.48 bits per heavy atom. The number of amides is 1. The first kappa shape index (κ1) is 17.0. The summed E-state index contributed by atoms with van der Waals surface area (Å²) in [6.45, 7) is 7.07. The Morgan fingerprint density at radius 2 is 1.90 bits per heavy atom. The van der Waals surface area contributed by atoms with E-state index in [0.717, 1.165) is 5.56 Å². The van der Waals surface area contributed by atoms with Crippen LogP contribution in [0.15, 0.2) is 24.3 Å². The van der Waals surface area contributed by atoms with Crippen LogP contribution in [0.4, 0.5) is 10.5 Å². The summed E-state index contributed by atoms with van der Waals surface area (Å²) >= 11 is 0. The topological polar surface area (TPSA) is 75.6 Å². The van der Waals surface area contributed by atoms with Gasteiger partial charge in [0.15, 0.2) is 0 Å². The quantitative estimate of drug-likeness (QED) is 0.868. The Labute approximate surface area is 125 Å². The van der Waals surface area contributed by atoms with Crippen LogP contribution in [0.2, 0.25) is 0 Å². The summed E-state index contributed by atoms with van der Waals surface area (Å²) in [6, 6.07) is 7.34. The molecule has 0 heterocycles. The molecule has 0 aromatic heterocycles. The Kier molecular flexibility index (Phi) is 5.76. The van der Waals surface area contributed by atoms with E-state index in [1.54, 1.807) is 33.8 Å². The maximum atomic E-state index is 11.8. The van der Waals surface area contributed by atoms with E-state index in [0.29, 0.717) is 18.5 Å². The zero-order valence-electron chi connectivity index (χ0n) is 13.0. The predicted molar refractivity (Wildman–Crippen MR) is 81.4 cm³/mol. The lowest BCUT2D eigenvalue weighted by Crippen LogP contribution is -2.27. The normalized spacial score (nSPS) is 12.6. The Balaban J connectivity index is 2.71. The minimum absolute atomic E-state index is 0.417. The van der Waals surface area contributed by atoms with E-state index in [2.05, 4.69) is 5.32 Å². The van der Waals surface area contributed by atoms with Gasteiger partial charge in [0.2, 0.25) is 0 Å². The first-order chi connectivity index (χ1) is 9.69. The second-order valence-corrected chi connectivity index (χ2v) is 6.06. The van der Waals surface area contributed by atoms with Crippen LogP contribution in [0.25, 0.3) is 0 Å². The Hall–Kier alpha value is -2.04. The molecule has 1 amide bonds. The number of nitrogens with one attached hydrogen (secondary N) is 1. The van der Waals surface area contributed by atoms with Crippen LogP contribution in [0, 0.1) is 5.92 Å². The van der Waals surface area contributed by atoms with Crippen LogP contribution in [0.5, 0.6) is 0 Å². The fourth-order valence-electron chi connectivity index (χ4n) is 1.77. The number of ether oxygens (including phenoxy) is 1. The molecule has 0 aliphatic heterocycles. The zero-order valence-corrected chi connectivity index (χ0v) is 13.0. The molecule has 21 heavy (non-hydrogen) atoms. The first-order valence-corrected chi connectivity index (χ1v) is 7.00. The zero-order chi connectivity index (χ0) is 16.0. The molecule has 0 radical (unpaired) electrons. The minimum atomic E-state index is -0.812. The molecule has 0 aliphatic carbocycles. The van der Waals surface area contributed by atoms with Crippen LogP contribution in [0.1, 0.15) is 39.7 Å². The number of hydrogen-bond acceptors (Lipinski definition) is 3. The number of aryl methyl sites for hydroxylation is 1. The van der Waals surface area contributed by atoms with Gasteiger partial charge >= 0.3 is 12.1 Å². The minimum Gasteiger partial charge on any atom is -0.481 e. The Bertz CT molecular complexity index is 505. The number of rotatable bonds is 5. The SMILES string of the molecule is CC(CCc1ccccc1NC(=O)OC(C)(C)C)C(=O)O. The van der Waals surface area contributed by atoms with E-state index < -0.39 is 23.6 Å². The summed E-state index contributed by atoms with van der Waals surface area (Å²) in [5.74, 6) is -1.23. The molecule has 1 unspecified atom stereocenters. The lowest BCUT2D eigenvalue weighted by atomic mass is 10.00. The molecule has 116 valence electrons. The van der Waals surface area contributed by atoms with Crippen molar-refractivity contribution in [2.75, 3.05) is 5.32 Å². The van der Waals surface area contributed by atoms with Crippen LogP contribution >= 0.6 is 0 Å². The molecular formula is C16H23NO4. The number of anilines is 1. The molecule has 0 fully saturated rings. The van der Waals surface area contributed by atoms with E-state index in [4.69, 9.17) is 9.84 Å². The number of aliphatic carboxylic acids is 1. The van der Waals surface area contributed by atoms with Gasteiger partial charge in [0.1, 0.15) is 5.60 Å². The van der Waals surface area contributed by atoms with Gasteiger partial charge in [-0.25, -0.2) is 4.79 Å². The highest BCUT2D eigenvalue weighted by Gasteiger charge is 2.17. The largest absolute Gasteiger partial charge is 0.481 e. The summed E-state index contributed by atoms with van der Waals surface area (Å²) in [6.07, 6.45) is 0.586. The van der Waals surface area contributed by atoms with Crippen LogP contribution in [0.3, 0.4) is 0 Å². The van der Waals surface area contributed by atoms with Gasteiger partial charge in [0, 0.05) is 5.69 Å². The summed E-state index contributed by atoms with van der Waals surface area (Å²) in [5, 5.41) is 11.6. The van der Waals surface area contributed by atoms with Crippen LogP contribution in [-0.4, -0.2) is 22.8 Å². The Morgan fingerprint density at radius 1 is 1.29 bits per heavy atom. The molecule has 1 aromatic rings. The summed E-state index contributed by atoms with van der Waals surface area (Å²) in [5.41, 5.74) is 0.998. The van der Waals surface area contributed by atoms with Gasteiger partial charge in [-0.05, 0) is 45.2 Å². The second-order valence-electron chi connectivity index (χ2n) is 6.06. The highest BCUT2D eigenvalue weighted by atomic mass is 16.6. The van der Waals surface area contributed by atoms with E-state index in [-0.39, 0.29) is 0 Å². The molecule has 5 nitrogen and oxygen atoms in total. The van der Waals surface area contributed by atoms with Crippen molar-refractivity contribution >= 4 is 17.7 Å². The summed E-state index contributed by atoms with van der Waals surface area (Å²) in [7, 11) is 0. The number of para-hydroxylation sites is 1. The molecule has 0 saturated heterocycles. The average molecular weight is 293 g/mol. The number of carbonyl (C=O) groups is 2. The second kappa shape index (κ2) is 7.11. The van der Waals surface area contributed by atoms with E-state index in [1.165, 1.54) is 0 Å². The number of benzene rings is 1. The number of carboxylic acid groups (broad SMARTS) is 1. The van der Waals surface area contributed by atoms with Gasteiger partial charge in [0.25, 0.3) is 0 Å². The molecule has 0 spiro atoms. The molecule has 0 aliphatic rings. The molecule has 1 atom stereocenters. The summed E-state index contributed by atoms with van der Waals surface area (Å²) < 4.78 is 5.22. The molecule has 0 saturated carbocycles. The molecule has 1 aromatic carbocycles. The van der Waals surface area contributed by atoms with Crippen molar-refractivity contribution in [1.82, 2.24) is 0 Å². The van der Waals surface area contributed by atoms with Crippen LogP contribution < -0.4 is 5.32 Å². The smallest absolute Gasteiger partial charge is 0.412 e. The van der Waals surface area contributed by atoms with E-state index >= 15 is 0 Å². The number of carboxylic acids is 1. The lowest BCUT2D eigenvalue weighted by molar-refractivity contribution is -0.141. The van der Waals surface area contributed by atoms with Gasteiger partial charge in [-0.2, -0.15) is 0 Å². The third kappa shape index (κ3) is 6.29. The molecule has 0 bridgehead atoms. The third-order valence-corrected chi connectivity index (χ3v) is 2.92. The molecule has 5 heteroatoms. The van der Waals surface area contributed by atoms with Crippen molar-refractivity contribution in [3.63, 3.8) is 0 Å². The molecular weight excluding hydrogens is 270 g/mol. The lowest BCUT2D eigenvalue weighted by Gasteiger charge is -2.20. The maximum absolute atomic E-state index is 11.8. The number of carbonyl (C=O) groups excluding carboxylic acids is 1. The molecule has 1 rings (SSSR count). The van der Waals surface area contributed by atoms with Gasteiger partial charge in [-0.15, -0.1) is 0 Å². The molecule has 2 N–H and O–H groups in total. The first-order valence-electron chi connectivity index (χ1n) is 7.00.